The van der Waals surface area contributed by atoms with Gasteiger partial charge >= 0.3 is 0 Å². The van der Waals surface area contributed by atoms with E-state index in [2.05, 4.69) is 14.9 Å². The van der Waals surface area contributed by atoms with Crippen LogP contribution in [-0.4, -0.2) is 52.5 Å². The maximum absolute atomic E-state index is 9.65. The van der Waals surface area contributed by atoms with Crippen LogP contribution in [0.4, 0.5) is 0 Å². The Morgan fingerprint density at radius 2 is 2.21 bits per heavy atom. The van der Waals surface area contributed by atoms with Gasteiger partial charge in [-0.05, 0) is 24.9 Å². The van der Waals surface area contributed by atoms with E-state index in [1.54, 1.807) is 0 Å². The number of fused-ring (bicyclic) bond motifs is 1. The van der Waals surface area contributed by atoms with Crippen LogP contribution in [-0.2, 0) is 0 Å². The highest BCUT2D eigenvalue weighted by Crippen LogP contribution is 2.29. The van der Waals surface area contributed by atoms with Crippen molar-refractivity contribution < 1.29 is 10.2 Å². The molecule has 2 aliphatic rings. The molecular formula is C8H14N4O2. The second-order valence-electron chi connectivity index (χ2n) is 4.00. The summed E-state index contributed by atoms with van der Waals surface area (Å²) in [5.74, 6) is 0. The minimum Gasteiger partial charge on any atom is -0.389 e. The minimum atomic E-state index is -0.688. The fourth-order valence-corrected chi connectivity index (χ4v) is 2.39. The summed E-state index contributed by atoms with van der Waals surface area (Å²) < 4.78 is 0. The first-order chi connectivity index (χ1) is 6.72. The Bertz CT molecular complexity index is 266. The van der Waals surface area contributed by atoms with Crippen LogP contribution in [0.25, 0.3) is 10.4 Å². The Hall–Kier alpha value is -0.810. The van der Waals surface area contributed by atoms with Gasteiger partial charge in [0, 0.05) is 23.5 Å². The lowest BCUT2D eigenvalue weighted by atomic mass is 9.96. The highest BCUT2D eigenvalue weighted by molar-refractivity contribution is 4.98. The molecule has 2 saturated heterocycles. The van der Waals surface area contributed by atoms with Crippen LogP contribution in [0.2, 0.25) is 0 Å². The Labute approximate surface area is 81.8 Å². The Morgan fingerprint density at radius 3 is 2.93 bits per heavy atom. The minimum absolute atomic E-state index is 0.0267. The van der Waals surface area contributed by atoms with Gasteiger partial charge < -0.3 is 10.2 Å². The van der Waals surface area contributed by atoms with Gasteiger partial charge in [0.15, 0.2) is 0 Å². The predicted molar refractivity (Wildman–Crippen MR) is 49.5 cm³/mol. The van der Waals surface area contributed by atoms with Gasteiger partial charge in [-0.15, -0.1) is 0 Å². The largest absolute Gasteiger partial charge is 0.389 e. The quantitative estimate of drug-likeness (QED) is 0.349. The number of hydrogen-bond donors (Lipinski definition) is 2. The summed E-state index contributed by atoms with van der Waals surface area (Å²) in [4.78, 5) is 4.85. The zero-order valence-electron chi connectivity index (χ0n) is 7.82. The molecule has 0 spiro atoms. The van der Waals surface area contributed by atoms with Crippen molar-refractivity contribution in [3.63, 3.8) is 0 Å². The molecule has 0 bridgehead atoms. The molecule has 2 N–H and O–H groups in total. The molecule has 0 saturated carbocycles. The first kappa shape index (κ1) is 9.73. The lowest BCUT2D eigenvalue weighted by molar-refractivity contribution is 0.0297. The molecule has 6 nitrogen and oxygen atoms in total. The van der Waals surface area contributed by atoms with Crippen LogP contribution in [0, 0.1) is 0 Å². The van der Waals surface area contributed by atoms with Gasteiger partial charge in [-0.1, -0.05) is 5.11 Å². The lowest BCUT2D eigenvalue weighted by Gasteiger charge is -2.33. The van der Waals surface area contributed by atoms with Crippen molar-refractivity contribution in [2.75, 3.05) is 13.1 Å². The maximum Gasteiger partial charge on any atom is 0.0966 e. The van der Waals surface area contributed by atoms with Gasteiger partial charge in [0.2, 0.25) is 0 Å². The molecule has 4 unspecified atom stereocenters. The average Bonchev–Trinajstić information content (AvgIpc) is 2.45. The monoisotopic (exact) mass is 198 g/mol. The van der Waals surface area contributed by atoms with E-state index < -0.39 is 12.2 Å². The summed E-state index contributed by atoms with van der Waals surface area (Å²) in [7, 11) is 0. The fourth-order valence-electron chi connectivity index (χ4n) is 2.39. The second kappa shape index (κ2) is 3.74. The van der Waals surface area contributed by atoms with Crippen molar-refractivity contribution in [2.24, 2.45) is 5.11 Å². The van der Waals surface area contributed by atoms with E-state index in [9.17, 15) is 10.2 Å². The Morgan fingerprint density at radius 1 is 1.43 bits per heavy atom. The fraction of sp³-hybridized carbons (Fsp3) is 1.00. The standard InChI is InChI=1S/C8H14N4O2/c9-11-10-5-1-2-12-4-7(13)8(14)6(12)3-5/h5-8,13-14H,1-4H2. The van der Waals surface area contributed by atoms with Crippen molar-refractivity contribution >= 4 is 0 Å². The molecule has 0 aromatic heterocycles. The first-order valence-electron chi connectivity index (χ1n) is 4.86. The van der Waals surface area contributed by atoms with Crippen LogP contribution in [0.3, 0.4) is 0 Å². The number of nitrogens with zero attached hydrogens (tertiary/aromatic N) is 4. The van der Waals surface area contributed by atoms with Crippen LogP contribution < -0.4 is 0 Å². The summed E-state index contributed by atoms with van der Waals surface area (Å²) in [6.45, 7) is 1.33. The number of aliphatic hydroxyl groups is 2. The first-order valence-corrected chi connectivity index (χ1v) is 4.86. The number of rotatable bonds is 1. The third kappa shape index (κ3) is 1.57. The SMILES string of the molecule is [N-]=[N+]=NC1CCN2CC(O)C(O)C2C1. The highest BCUT2D eigenvalue weighted by atomic mass is 16.3. The molecule has 0 radical (unpaired) electrons. The van der Waals surface area contributed by atoms with E-state index in [4.69, 9.17) is 5.53 Å². The van der Waals surface area contributed by atoms with E-state index in [1.165, 1.54) is 0 Å². The third-order valence-corrected chi connectivity index (χ3v) is 3.16. The molecule has 2 heterocycles. The van der Waals surface area contributed by atoms with Crippen molar-refractivity contribution in [3.05, 3.63) is 10.4 Å². The van der Waals surface area contributed by atoms with E-state index in [0.717, 1.165) is 13.0 Å². The molecular weight excluding hydrogens is 184 g/mol. The zero-order chi connectivity index (χ0) is 10.1. The van der Waals surface area contributed by atoms with E-state index in [1.807, 2.05) is 0 Å². The predicted octanol–water partition coefficient (Wildman–Crippen LogP) is -0.135. The van der Waals surface area contributed by atoms with Crippen LogP contribution in [0.1, 0.15) is 12.8 Å². The maximum atomic E-state index is 9.65. The van der Waals surface area contributed by atoms with Crippen LogP contribution in [0.15, 0.2) is 5.11 Å². The molecule has 4 atom stereocenters. The summed E-state index contributed by atoms with van der Waals surface area (Å²) in [5.41, 5.74) is 8.31. The molecule has 6 heteroatoms. The van der Waals surface area contributed by atoms with Gasteiger partial charge in [0.05, 0.1) is 12.2 Å². The molecule has 78 valence electrons. The van der Waals surface area contributed by atoms with E-state index in [-0.39, 0.29) is 12.1 Å². The molecule has 2 aliphatic heterocycles. The van der Waals surface area contributed by atoms with Gasteiger partial charge in [-0.2, -0.15) is 0 Å². The Kier molecular flexibility index (Phi) is 2.60. The summed E-state index contributed by atoms with van der Waals surface area (Å²) in [6, 6.07) is -0.0598. The number of azide groups is 1. The van der Waals surface area contributed by atoms with Crippen molar-refractivity contribution in [2.45, 2.75) is 37.1 Å². The molecule has 14 heavy (non-hydrogen) atoms. The molecule has 2 fully saturated rings. The van der Waals surface area contributed by atoms with Crippen LogP contribution >= 0.6 is 0 Å². The summed E-state index contributed by atoms with van der Waals surface area (Å²) >= 11 is 0. The molecule has 0 aromatic carbocycles. The zero-order valence-corrected chi connectivity index (χ0v) is 7.82. The third-order valence-electron chi connectivity index (χ3n) is 3.16. The van der Waals surface area contributed by atoms with Crippen LogP contribution in [0.5, 0.6) is 0 Å². The number of aliphatic hydroxyl groups excluding tert-OH is 2. The lowest BCUT2D eigenvalue weighted by Crippen LogP contribution is -2.43. The summed E-state index contributed by atoms with van der Waals surface area (Å²) in [5, 5.41) is 22.8. The highest BCUT2D eigenvalue weighted by Gasteiger charge is 2.42. The van der Waals surface area contributed by atoms with Crippen molar-refractivity contribution in [3.8, 4) is 0 Å². The van der Waals surface area contributed by atoms with Crippen molar-refractivity contribution in [1.29, 1.82) is 0 Å². The molecule has 0 amide bonds. The topological polar surface area (TPSA) is 92.5 Å². The van der Waals surface area contributed by atoms with Crippen molar-refractivity contribution in [1.82, 2.24) is 4.90 Å². The smallest absolute Gasteiger partial charge is 0.0966 e. The van der Waals surface area contributed by atoms with Gasteiger partial charge in [0.25, 0.3) is 0 Å². The summed E-state index contributed by atoms with van der Waals surface area (Å²) in [6.07, 6.45) is 0.138. The van der Waals surface area contributed by atoms with E-state index in [0.29, 0.717) is 13.0 Å². The number of hydrogen-bond acceptors (Lipinski definition) is 4. The molecule has 0 aliphatic carbocycles. The Balaban J connectivity index is 2.04. The molecule has 2 rings (SSSR count). The second-order valence-corrected chi connectivity index (χ2v) is 4.00. The number of piperidine rings is 1. The van der Waals surface area contributed by atoms with E-state index >= 15 is 0 Å². The average molecular weight is 198 g/mol. The van der Waals surface area contributed by atoms with Gasteiger partial charge in [-0.25, -0.2) is 0 Å². The van der Waals surface area contributed by atoms with Gasteiger partial charge in [-0.3, -0.25) is 4.90 Å². The molecule has 0 aromatic rings. The normalized spacial score (nSPS) is 43.0. The van der Waals surface area contributed by atoms with Gasteiger partial charge in [0.1, 0.15) is 0 Å².